The van der Waals surface area contributed by atoms with Crippen LogP contribution in [0.25, 0.3) is 5.69 Å². The molecule has 5 nitrogen and oxygen atoms in total. The third-order valence-electron chi connectivity index (χ3n) is 5.83. The Labute approximate surface area is 193 Å². The summed E-state index contributed by atoms with van der Waals surface area (Å²) < 4.78 is 7.71. The lowest BCUT2D eigenvalue weighted by Crippen LogP contribution is -2.30. The normalized spacial score (nSPS) is 17.9. The van der Waals surface area contributed by atoms with E-state index in [9.17, 15) is 0 Å². The van der Waals surface area contributed by atoms with E-state index in [1.54, 1.807) is 7.11 Å². The number of hydrogen-bond donors (Lipinski definition) is 1. The molecule has 5 rings (SSSR count). The number of ether oxygens (including phenoxy) is 1. The van der Waals surface area contributed by atoms with Crippen molar-refractivity contribution in [1.82, 2.24) is 14.9 Å². The molecule has 0 bridgehead atoms. The number of rotatable bonds is 5. The molecule has 1 aliphatic heterocycles. The number of thiocarbonyl (C=S) groups is 1. The molecule has 0 saturated carbocycles. The van der Waals surface area contributed by atoms with Crippen molar-refractivity contribution in [3.05, 3.63) is 108 Å². The van der Waals surface area contributed by atoms with Gasteiger partial charge in [0.1, 0.15) is 11.8 Å². The molecule has 1 saturated heterocycles. The van der Waals surface area contributed by atoms with E-state index >= 15 is 0 Å². The minimum Gasteiger partial charge on any atom is -0.497 e. The molecule has 4 aromatic rings. The summed E-state index contributed by atoms with van der Waals surface area (Å²) in [6.07, 6.45) is 3.92. The summed E-state index contributed by atoms with van der Waals surface area (Å²) in [7, 11) is 1.68. The Morgan fingerprint density at radius 3 is 2.53 bits per heavy atom. The molecule has 1 N–H and O–H groups in total. The molecule has 3 heterocycles. The highest BCUT2D eigenvalue weighted by Crippen LogP contribution is 2.42. The first-order chi connectivity index (χ1) is 15.7. The van der Waals surface area contributed by atoms with Gasteiger partial charge in [-0.05, 0) is 67.7 Å². The molecule has 0 spiro atoms. The van der Waals surface area contributed by atoms with Crippen molar-refractivity contribution in [2.75, 3.05) is 12.0 Å². The van der Waals surface area contributed by atoms with Gasteiger partial charge >= 0.3 is 0 Å². The topological polar surface area (TPSA) is 42.3 Å². The van der Waals surface area contributed by atoms with Gasteiger partial charge in [0.25, 0.3) is 0 Å². The zero-order valence-electron chi connectivity index (χ0n) is 18.0. The monoisotopic (exact) mass is 440 g/mol. The van der Waals surface area contributed by atoms with Crippen LogP contribution in [0.3, 0.4) is 0 Å². The Kier molecular flexibility index (Phi) is 5.37. The number of nitrogens with zero attached hydrogens (tertiary/aromatic N) is 3. The molecule has 0 aliphatic carbocycles. The average Bonchev–Trinajstić information content (AvgIpc) is 3.44. The summed E-state index contributed by atoms with van der Waals surface area (Å²) in [4.78, 5) is 6.81. The number of nitrogens with one attached hydrogen (secondary N) is 1. The summed E-state index contributed by atoms with van der Waals surface area (Å²) in [6, 6.07) is 26.6. The van der Waals surface area contributed by atoms with Gasteiger partial charge in [0.2, 0.25) is 0 Å². The van der Waals surface area contributed by atoms with E-state index in [4.69, 9.17) is 17.0 Å². The van der Waals surface area contributed by atoms with Crippen molar-refractivity contribution in [2.24, 2.45) is 0 Å². The Balaban J connectivity index is 1.66. The minimum atomic E-state index is -0.103. The number of aromatic nitrogens is 2. The molecule has 2 aromatic carbocycles. The third-order valence-corrected chi connectivity index (χ3v) is 6.14. The van der Waals surface area contributed by atoms with Crippen LogP contribution in [0.2, 0.25) is 0 Å². The number of aryl methyl sites for hydroxylation is 1. The largest absolute Gasteiger partial charge is 0.497 e. The van der Waals surface area contributed by atoms with Gasteiger partial charge in [0.15, 0.2) is 5.11 Å². The van der Waals surface area contributed by atoms with E-state index in [1.807, 2.05) is 42.6 Å². The second-order valence-electron chi connectivity index (χ2n) is 7.84. The summed E-state index contributed by atoms with van der Waals surface area (Å²) in [6.45, 7) is 2.10. The zero-order valence-corrected chi connectivity index (χ0v) is 18.8. The maximum absolute atomic E-state index is 5.84. The van der Waals surface area contributed by atoms with Gasteiger partial charge in [0.05, 0.1) is 18.8 Å². The first-order valence-corrected chi connectivity index (χ1v) is 11.0. The van der Waals surface area contributed by atoms with Crippen LogP contribution >= 0.6 is 12.2 Å². The molecular formula is C26H24N4OS. The SMILES string of the molecule is COc1cccc(N2C(=S)N[C@H](c3ccccn3)[C@@H]2c2cccn2-c2ccc(C)cc2)c1. The van der Waals surface area contributed by atoms with Crippen LogP contribution in [0.4, 0.5) is 5.69 Å². The van der Waals surface area contributed by atoms with Gasteiger partial charge in [-0.1, -0.05) is 29.8 Å². The highest BCUT2D eigenvalue weighted by molar-refractivity contribution is 7.80. The van der Waals surface area contributed by atoms with Crippen LogP contribution in [-0.4, -0.2) is 21.8 Å². The smallest absolute Gasteiger partial charge is 0.174 e. The molecule has 32 heavy (non-hydrogen) atoms. The molecule has 6 heteroatoms. The van der Waals surface area contributed by atoms with Gasteiger partial charge in [0, 0.05) is 35.5 Å². The second-order valence-corrected chi connectivity index (χ2v) is 8.22. The van der Waals surface area contributed by atoms with Crippen LogP contribution in [0.15, 0.2) is 91.3 Å². The number of hydrogen-bond acceptors (Lipinski definition) is 3. The summed E-state index contributed by atoms with van der Waals surface area (Å²) >= 11 is 5.84. The Bertz CT molecular complexity index is 1240. The lowest BCUT2D eigenvalue weighted by atomic mass is 10.0. The second kappa shape index (κ2) is 8.48. The standard InChI is InChI=1S/C26H24N4OS/c1-18-11-13-19(14-12-18)29-16-6-10-23(29)25-24(22-9-3-4-15-27-22)28-26(32)30(25)20-7-5-8-21(17-20)31-2/h3-17,24-25H,1-2H3,(H,28,32)/t24-,25+/m1/s1. The van der Waals surface area contributed by atoms with Crippen molar-refractivity contribution >= 4 is 23.0 Å². The highest BCUT2D eigenvalue weighted by Gasteiger charge is 2.42. The molecule has 2 aromatic heterocycles. The van der Waals surface area contributed by atoms with Gasteiger partial charge in [-0.3, -0.25) is 4.98 Å². The van der Waals surface area contributed by atoms with E-state index in [0.717, 1.165) is 28.5 Å². The molecule has 1 fully saturated rings. The highest BCUT2D eigenvalue weighted by atomic mass is 32.1. The lowest BCUT2D eigenvalue weighted by molar-refractivity contribution is 0.414. The molecule has 0 radical (unpaired) electrons. The van der Waals surface area contributed by atoms with Crippen molar-refractivity contribution in [1.29, 1.82) is 0 Å². The van der Waals surface area contributed by atoms with Gasteiger partial charge in [-0.25, -0.2) is 0 Å². The van der Waals surface area contributed by atoms with Crippen molar-refractivity contribution < 1.29 is 4.74 Å². The van der Waals surface area contributed by atoms with Crippen LogP contribution in [0.1, 0.15) is 29.0 Å². The Morgan fingerprint density at radius 1 is 0.938 bits per heavy atom. The zero-order chi connectivity index (χ0) is 22.1. The van der Waals surface area contributed by atoms with Crippen molar-refractivity contribution in [2.45, 2.75) is 19.0 Å². The maximum atomic E-state index is 5.84. The van der Waals surface area contributed by atoms with Crippen LogP contribution in [-0.2, 0) is 0 Å². The minimum absolute atomic E-state index is 0.0965. The first-order valence-electron chi connectivity index (χ1n) is 10.5. The maximum Gasteiger partial charge on any atom is 0.174 e. The lowest BCUT2D eigenvalue weighted by Gasteiger charge is -2.29. The summed E-state index contributed by atoms with van der Waals surface area (Å²) in [5.41, 5.74) is 5.39. The molecular weight excluding hydrogens is 416 g/mol. The van der Waals surface area contributed by atoms with E-state index in [-0.39, 0.29) is 12.1 Å². The molecule has 1 aliphatic rings. The van der Waals surface area contributed by atoms with E-state index < -0.39 is 0 Å². The predicted molar refractivity (Wildman–Crippen MR) is 131 cm³/mol. The number of anilines is 1. The van der Waals surface area contributed by atoms with Gasteiger partial charge in [-0.15, -0.1) is 0 Å². The quantitative estimate of drug-likeness (QED) is 0.423. The van der Waals surface area contributed by atoms with E-state index in [1.165, 1.54) is 5.56 Å². The number of pyridine rings is 1. The molecule has 160 valence electrons. The fourth-order valence-electron chi connectivity index (χ4n) is 4.27. The predicted octanol–water partition coefficient (Wildman–Crippen LogP) is 5.37. The fraction of sp³-hybridized carbons (Fsp3) is 0.154. The van der Waals surface area contributed by atoms with E-state index in [2.05, 4.69) is 75.4 Å². The van der Waals surface area contributed by atoms with Crippen molar-refractivity contribution in [3.63, 3.8) is 0 Å². The first kappa shape index (κ1) is 20.3. The average molecular weight is 441 g/mol. The van der Waals surface area contributed by atoms with Crippen LogP contribution < -0.4 is 15.0 Å². The molecule has 2 atom stereocenters. The van der Waals surface area contributed by atoms with Gasteiger partial charge < -0.3 is 19.5 Å². The summed E-state index contributed by atoms with van der Waals surface area (Å²) in [5.74, 6) is 0.791. The van der Waals surface area contributed by atoms with Crippen molar-refractivity contribution in [3.8, 4) is 11.4 Å². The van der Waals surface area contributed by atoms with Crippen LogP contribution in [0, 0.1) is 6.92 Å². The third kappa shape index (κ3) is 3.63. The van der Waals surface area contributed by atoms with Crippen LogP contribution in [0.5, 0.6) is 5.75 Å². The molecule has 0 unspecified atom stereocenters. The van der Waals surface area contributed by atoms with Gasteiger partial charge in [-0.2, -0.15) is 0 Å². The molecule has 0 amide bonds. The number of benzene rings is 2. The Morgan fingerprint density at radius 2 is 1.78 bits per heavy atom. The number of methoxy groups -OCH3 is 1. The van der Waals surface area contributed by atoms with E-state index in [0.29, 0.717) is 5.11 Å². The summed E-state index contributed by atoms with van der Waals surface area (Å²) in [5, 5.41) is 4.19. The Hall–Kier alpha value is -3.64. The fourth-order valence-corrected chi connectivity index (χ4v) is 4.62.